The van der Waals surface area contributed by atoms with Crippen molar-refractivity contribution in [1.29, 1.82) is 0 Å². The fraction of sp³-hybridized carbons (Fsp3) is 0.625. The molecule has 0 saturated carbocycles. The molecule has 0 aliphatic carbocycles. The van der Waals surface area contributed by atoms with Gasteiger partial charge in [0.15, 0.2) is 0 Å². The maximum absolute atomic E-state index is 10.8. The zero-order valence-electron chi connectivity index (χ0n) is 6.56. The second kappa shape index (κ2) is 6.23. The van der Waals surface area contributed by atoms with Gasteiger partial charge < -0.3 is 5.32 Å². The largest absolute Gasteiger partial charge is 0.352 e. The highest BCUT2D eigenvalue weighted by molar-refractivity contribution is 9.09. The summed E-state index contributed by atoms with van der Waals surface area (Å²) in [4.78, 5) is 10.8. The molecular formula is C8H12BrNO. The first-order chi connectivity index (χ1) is 5.24. The minimum Gasteiger partial charge on any atom is -0.352 e. The number of hydrogen-bond donors (Lipinski definition) is 1. The number of carbonyl (C=O) groups excluding carboxylic acids is 1. The zero-order chi connectivity index (χ0) is 8.69. The third-order valence-electron chi connectivity index (χ3n) is 1.34. The Labute approximate surface area is 75.9 Å². The van der Waals surface area contributed by atoms with Crippen LogP contribution in [0, 0.1) is 12.3 Å². The molecular weight excluding hydrogens is 206 g/mol. The third-order valence-corrected chi connectivity index (χ3v) is 1.85. The molecule has 0 radical (unpaired) electrons. The van der Waals surface area contributed by atoms with Gasteiger partial charge in [0, 0.05) is 12.5 Å². The predicted octanol–water partition coefficient (Wildman–Crippen LogP) is 1.30. The Morgan fingerprint density at radius 3 is 2.82 bits per heavy atom. The number of carbonyl (C=O) groups is 1. The second-order valence-electron chi connectivity index (χ2n) is 2.21. The van der Waals surface area contributed by atoms with Crippen molar-refractivity contribution in [2.75, 3.05) is 5.33 Å². The van der Waals surface area contributed by atoms with Crippen molar-refractivity contribution < 1.29 is 4.79 Å². The predicted molar refractivity (Wildman–Crippen MR) is 49.5 cm³/mol. The highest BCUT2D eigenvalue weighted by atomic mass is 79.9. The van der Waals surface area contributed by atoms with Gasteiger partial charge in [-0.2, -0.15) is 0 Å². The van der Waals surface area contributed by atoms with Crippen molar-refractivity contribution in [3.05, 3.63) is 0 Å². The second-order valence-corrected chi connectivity index (χ2v) is 2.78. The normalized spacial score (nSPS) is 11.7. The van der Waals surface area contributed by atoms with Gasteiger partial charge >= 0.3 is 0 Å². The summed E-state index contributed by atoms with van der Waals surface area (Å²) in [6.45, 7) is 2.00. The molecule has 0 saturated heterocycles. The molecule has 0 aromatic rings. The molecule has 0 fully saturated rings. The topological polar surface area (TPSA) is 29.1 Å². The molecule has 0 spiro atoms. The van der Waals surface area contributed by atoms with Gasteiger partial charge in [0.2, 0.25) is 5.91 Å². The van der Waals surface area contributed by atoms with E-state index in [4.69, 9.17) is 6.42 Å². The average molecular weight is 218 g/mol. The molecule has 0 aromatic heterocycles. The Hall–Kier alpha value is -0.490. The van der Waals surface area contributed by atoms with E-state index in [1.165, 1.54) is 0 Å². The molecule has 1 unspecified atom stereocenters. The summed E-state index contributed by atoms with van der Waals surface area (Å²) in [6, 6.07) is 0.130. The number of hydrogen-bond acceptors (Lipinski definition) is 1. The minimum atomic E-state index is -0.00731. The Morgan fingerprint density at radius 1 is 1.82 bits per heavy atom. The van der Waals surface area contributed by atoms with Gasteiger partial charge in [0.1, 0.15) is 0 Å². The summed E-state index contributed by atoms with van der Waals surface area (Å²) in [7, 11) is 0. The van der Waals surface area contributed by atoms with Crippen LogP contribution in [0.4, 0.5) is 0 Å². The Morgan fingerprint density at radius 2 is 2.45 bits per heavy atom. The molecule has 11 heavy (non-hydrogen) atoms. The van der Waals surface area contributed by atoms with Crippen LogP contribution in [-0.2, 0) is 4.79 Å². The number of halogens is 1. The van der Waals surface area contributed by atoms with Gasteiger partial charge in [-0.05, 0) is 6.42 Å². The van der Waals surface area contributed by atoms with Crippen molar-refractivity contribution in [3.63, 3.8) is 0 Å². The van der Waals surface area contributed by atoms with Crippen molar-refractivity contribution in [2.45, 2.75) is 25.8 Å². The van der Waals surface area contributed by atoms with E-state index in [-0.39, 0.29) is 11.9 Å². The lowest BCUT2D eigenvalue weighted by Crippen LogP contribution is -2.34. The van der Waals surface area contributed by atoms with E-state index in [9.17, 15) is 4.79 Å². The fourth-order valence-electron chi connectivity index (χ4n) is 0.706. The lowest BCUT2D eigenvalue weighted by molar-refractivity contribution is -0.119. The van der Waals surface area contributed by atoms with Gasteiger partial charge in [-0.3, -0.25) is 4.79 Å². The Bertz CT molecular complexity index is 162. The fourth-order valence-corrected chi connectivity index (χ4v) is 0.868. The van der Waals surface area contributed by atoms with Crippen molar-refractivity contribution in [1.82, 2.24) is 5.32 Å². The third kappa shape index (κ3) is 4.86. The standard InChI is InChI=1S/C8H12BrNO/c1-3-5-7(4-2)10-8(11)6-9/h1,7H,4-6H2,2H3,(H,10,11). The van der Waals surface area contributed by atoms with Crippen LogP contribution in [0.3, 0.4) is 0 Å². The molecule has 2 nitrogen and oxygen atoms in total. The molecule has 0 heterocycles. The van der Waals surface area contributed by atoms with E-state index in [1.807, 2.05) is 6.92 Å². The highest BCUT2D eigenvalue weighted by Crippen LogP contribution is 1.96. The first-order valence-electron chi connectivity index (χ1n) is 3.53. The lowest BCUT2D eigenvalue weighted by atomic mass is 10.1. The van der Waals surface area contributed by atoms with Gasteiger partial charge in [0.05, 0.1) is 5.33 Å². The SMILES string of the molecule is C#CCC(CC)NC(=O)CBr. The quantitative estimate of drug-likeness (QED) is 0.559. The zero-order valence-corrected chi connectivity index (χ0v) is 8.15. The molecule has 62 valence electrons. The van der Waals surface area contributed by atoms with Crippen LogP contribution in [0.2, 0.25) is 0 Å². The van der Waals surface area contributed by atoms with E-state index in [0.29, 0.717) is 11.8 Å². The molecule has 0 bridgehead atoms. The first-order valence-corrected chi connectivity index (χ1v) is 4.65. The van der Waals surface area contributed by atoms with Crippen LogP contribution >= 0.6 is 15.9 Å². The summed E-state index contributed by atoms with van der Waals surface area (Å²) in [5, 5.41) is 3.13. The smallest absolute Gasteiger partial charge is 0.230 e. The van der Waals surface area contributed by atoms with Gasteiger partial charge in [0.25, 0.3) is 0 Å². The summed E-state index contributed by atoms with van der Waals surface area (Å²) >= 11 is 3.06. The molecule has 1 N–H and O–H groups in total. The number of amides is 1. The van der Waals surface area contributed by atoms with Gasteiger partial charge in [-0.25, -0.2) is 0 Å². The van der Waals surface area contributed by atoms with E-state index < -0.39 is 0 Å². The summed E-state index contributed by atoms with van der Waals surface area (Å²) in [5.41, 5.74) is 0. The molecule has 3 heteroatoms. The molecule has 0 aliphatic rings. The summed E-state index contributed by atoms with van der Waals surface area (Å²) < 4.78 is 0. The maximum Gasteiger partial charge on any atom is 0.230 e. The van der Waals surface area contributed by atoms with Crippen LogP contribution in [0.1, 0.15) is 19.8 Å². The molecule has 0 aromatic carbocycles. The number of terminal acetylenes is 1. The van der Waals surface area contributed by atoms with E-state index in [1.54, 1.807) is 0 Å². The van der Waals surface area contributed by atoms with E-state index in [0.717, 1.165) is 6.42 Å². The van der Waals surface area contributed by atoms with Crippen molar-refractivity contribution >= 4 is 21.8 Å². The lowest BCUT2D eigenvalue weighted by Gasteiger charge is -2.12. The molecule has 1 amide bonds. The van der Waals surface area contributed by atoms with Crippen LogP contribution < -0.4 is 5.32 Å². The first kappa shape index (κ1) is 10.5. The van der Waals surface area contributed by atoms with Crippen LogP contribution in [0.25, 0.3) is 0 Å². The number of alkyl halides is 1. The Balaban J connectivity index is 3.70. The van der Waals surface area contributed by atoms with Gasteiger partial charge in [-0.1, -0.05) is 22.9 Å². The monoisotopic (exact) mass is 217 g/mol. The number of nitrogens with one attached hydrogen (secondary N) is 1. The highest BCUT2D eigenvalue weighted by Gasteiger charge is 2.06. The van der Waals surface area contributed by atoms with Crippen LogP contribution in [-0.4, -0.2) is 17.3 Å². The maximum atomic E-state index is 10.8. The van der Waals surface area contributed by atoms with E-state index in [2.05, 4.69) is 27.2 Å². The van der Waals surface area contributed by atoms with Crippen molar-refractivity contribution in [2.24, 2.45) is 0 Å². The minimum absolute atomic E-state index is 0.00731. The Kier molecular flexibility index (Phi) is 5.96. The van der Waals surface area contributed by atoms with Gasteiger partial charge in [-0.15, -0.1) is 12.3 Å². The molecule has 0 aliphatic heterocycles. The summed E-state index contributed by atoms with van der Waals surface area (Å²) in [6.07, 6.45) is 6.59. The number of rotatable bonds is 4. The van der Waals surface area contributed by atoms with E-state index >= 15 is 0 Å². The molecule has 1 atom stereocenters. The summed E-state index contributed by atoms with van der Waals surface area (Å²) in [5.74, 6) is 2.51. The van der Waals surface area contributed by atoms with Crippen LogP contribution in [0.5, 0.6) is 0 Å². The van der Waals surface area contributed by atoms with Crippen LogP contribution in [0.15, 0.2) is 0 Å². The molecule has 0 rings (SSSR count). The average Bonchev–Trinajstić information content (AvgIpc) is 2.03. The van der Waals surface area contributed by atoms with Crippen molar-refractivity contribution in [3.8, 4) is 12.3 Å².